The van der Waals surface area contributed by atoms with Crippen molar-refractivity contribution in [1.82, 2.24) is 4.90 Å². The molecule has 0 aromatic heterocycles. The summed E-state index contributed by atoms with van der Waals surface area (Å²) in [5.74, 6) is -0.0855. The number of ether oxygens (including phenoxy) is 1. The van der Waals surface area contributed by atoms with Crippen LogP contribution in [0.3, 0.4) is 0 Å². The zero-order chi connectivity index (χ0) is 21.7. The zero-order valence-corrected chi connectivity index (χ0v) is 17.3. The van der Waals surface area contributed by atoms with E-state index in [4.69, 9.17) is 4.74 Å². The van der Waals surface area contributed by atoms with E-state index in [1.165, 1.54) is 19.2 Å². The molecule has 0 spiro atoms. The molecule has 0 aliphatic carbocycles. The van der Waals surface area contributed by atoms with Crippen LogP contribution in [0.4, 0.5) is 18.9 Å². The van der Waals surface area contributed by atoms with Crippen LogP contribution in [0.25, 0.3) is 0 Å². The summed E-state index contributed by atoms with van der Waals surface area (Å²) >= 11 is 0. The first kappa shape index (κ1) is 22.3. The van der Waals surface area contributed by atoms with E-state index in [1.54, 1.807) is 6.07 Å². The number of nitrogens with zero attached hydrogens (tertiary/aromatic N) is 2. The van der Waals surface area contributed by atoms with Crippen LogP contribution < -0.4 is 4.90 Å². The van der Waals surface area contributed by atoms with Crippen LogP contribution in [0, 0.1) is 6.92 Å². The summed E-state index contributed by atoms with van der Waals surface area (Å²) in [5.41, 5.74) is 1.99. The number of alkyl halides is 3. The molecule has 1 aliphatic rings. The molecule has 1 fully saturated rings. The fraction of sp³-hybridized carbons (Fsp3) is 0.435. The fourth-order valence-electron chi connectivity index (χ4n) is 3.90. The number of hydrogen-bond acceptors (Lipinski definition) is 3. The summed E-state index contributed by atoms with van der Waals surface area (Å²) in [6.07, 6.45) is -2.83. The van der Waals surface area contributed by atoms with Crippen molar-refractivity contribution < 1.29 is 22.7 Å². The van der Waals surface area contributed by atoms with Gasteiger partial charge in [0.25, 0.3) is 5.91 Å². The van der Waals surface area contributed by atoms with Gasteiger partial charge in [0.2, 0.25) is 0 Å². The van der Waals surface area contributed by atoms with E-state index in [1.807, 2.05) is 36.1 Å². The Hall–Kier alpha value is -2.38. The molecule has 7 heteroatoms. The molecule has 1 aliphatic heterocycles. The van der Waals surface area contributed by atoms with Gasteiger partial charge in [0.1, 0.15) is 6.61 Å². The predicted octanol–water partition coefficient (Wildman–Crippen LogP) is 4.66. The maximum absolute atomic E-state index is 12.9. The Balaban J connectivity index is 1.66. The molecule has 30 heavy (non-hydrogen) atoms. The second-order valence-electron chi connectivity index (χ2n) is 7.74. The Morgan fingerprint density at radius 3 is 2.40 bits per heavy atom. The number of rotatable bonds is 6. The monoisotopic (exact) mass is 420 g/mol. The van der Waals surface area contributed by atoms with Gasteiger partial charge in [-0.2, -0.15) is 13.2 Å². The quantitative estimate of drug-likeness (QED) is 0.682. The Kier molecular flexibility index (Phi) is 7.15. The average Bonchev–Trinajstić information content (AvgIpc) is 2.71. The standard InChI is InChI=1S/C23H27F3N2O2/c1-17-6-8-20(9-7-17)28(22(29)16-30-2)21-10-12-27(13-11-21)15-18-4-3-5-19(14-18)23(24,25)26/h3-9,14,21H,10-13,15-16H2,1-2H3. The third-order valence-electron chi connectivity index (χ3n) is 5.43. The molecule has 0 saturated carbocycles. The van der Waals surface area contributed by atoms with E-state index in [9.17, 15) is 18.0 Å². The maximum atomic E-state index is 12.9. The number of piperidine rings is 1. The van der Waals surface area contributed by atoms with E-state index < -0.39 is 11.7 Å². The van der Waals surface area contributed by atoms with Crippen molar-refractivity contribution in [3.05, 3.63) is 65.2 Å². The third kappa shape index (κ3) is 5.61. The fourth-order valence-corrected chi connectivity index (χ4v) is 3.90. The number of carbonyl (C=O) groups excluding carboxylic acids is 1. The molecule has 1 saturated heterocycles. The molecule has 2 aromatic carbocycles. The minimum atomic E-state index is -4.33. The zero-order valence-electron chi connectivity index (χ0n) is 17.3. The van der Waals surface area contributed by atoms with Crippen LogP contribution in [0.1, 0.15) is 29.5 Å². The number of hydrogen-bond donors (Lipinski definition) is 0. The van der Waals surface area contributed by atoms with Crippen molar-refractivity contribution in [2.75, 3.05) is 31.7 Å². The van der Waals surface area contributed by atoms with Gasteiger partial charge in [0.05, 0.1) is 5.56 Å². The lowest BCUT2D eigenvalue weighted by molar-refractivity contribution is -0.137. The van der Waals surface area contributed by atoms with Gasteiger partial charge in [0.15, 0.2) is 0 Å². The highest BCUT2D eigenvalue weighted by molar-refractivity contribution is 5.94. The predicted molar refractivity (Wildman–Crippen MR) is 110 cm³/mol. The van der Waals surface area contributed by atoms with Gasteiger partial charge in [-0.05, 0) is 43.5 Å². The lowest BCUT2D eigenvalue weighted by Crippen LogP contribution is -2.48. The van der Waals surface area contributed by atoms with E-state index in [-0.39, 0.29) is 18.6 Å². The highest BCUT2D eigenvalue weighted by Crippen LogP contribution is 2.30. The molecule has 1 heterocycles. The Morgan fingerprint density at radius 1 is 1.13 bits per heavy atom. The number of amides is 1. The van der Waals surface area contributed by atoms with E-state index in [2.05, 4.69) is 4.90 Å². The molecule has 4 nitrogen and oxygen atoms in total. The highest BCUT2D eigenvalue weighted by atomic mass is 19.4. The van der Waals surface area contributed by atoms with Crippen molar-refractivity contribution in [2.45, 2.75) is 38.5 Å². The molecule has 0 radical (unpaired) electrons. The summed E-state index contributed by atoms with van der Waals surface area (Å²) in [6, 6.07) is 13.4. The van der Waals surface area contributed by atoms with Gasteiger partial charge in [0, 0.05) is 38.5 Å². The minimum absolute atomic E-state index is 0.0122. The Bertz CT molecular complexity index is 844. The molecule has 0 unspecified atom stereocenters. The van der Waals surface area contributed by atoms with Gasteiger partial charge in [-0.25, -0.2) is 0 Å². The van der Waals surface area contributed by atoms with Crippen molar-refractivity contribution in [3.8, 4) is 0 Å². The second kappa shape index (κ2) is 9.62. The Labute approximate surface area is 175 Å². The number of likely N-dealkylation sites (tertiary alicyclic amines) is 1. The summed E-state index contributed by atoms with van der Waals surface area (Å²) in [6.45, 7) is 3.90. The topological polar surface area (TPSA) is 32.8 Å². The van der Waals surface area contributed by atoms with Gasteiger partial charge >= 0.3 is 6.18 Å². The van der Waals surface area contributed by atoms with Crippen molar-refractivity contribution in [1.29, 1.82) is 0 Å². The first-order valence-corrected chi connectivity index (χ1v) is 10.0. The Morgan fingerprint density at radius 2 is 1.80 bits per heavy atom. The first-order chi connectivity index (χ1) is 14.3. The molecule has 3 rings (SSSR count). The lowest BCUT2D eigenvalue weighted by Gasteiger charge is -2.38. The first-order valence-electron chi connectivity index (χ1n) is 10.0. The number of halogens is 3. The maximum Gasteiger partial charge on any atom is 0.416 e. The number of carbonyl (C=O) groups is 1. The van der Waals surface area contributed by atoms with Crippen LogP contribution in [-0.4, -0.2) is 43.7 Å². The summed E-state index contributed by atoms with van der Waals surface area (Å²) in [4.78, 5) is 16.7. The van der Waals surface area contributed by atoms with Crippen LogP contribution in [0.5, 0.6) is 0 Å². The largest absolute Gasteiger partial charge is 0.416 e. The van der Waals surface area contributed by atoms with Crippen LogP contribution in [0.2, 0.25) is 0 Å². The van der Waals surface area contributed by atoms with Gasteiger partial charge in [-0.3, -0.25) is 9.69 Å². The number of methoxy groups -OCH3 is 1. The summed E-state index contributed by atoms with van der Waals surface area (Å²) in [7, 11) is 1.50. The molecule has 162 valence electrons. The second-order valence-corrected chi connectivity index (χ2v) is 7.74. The molecule has 0 bridgehead atoms. The normalized spacial score (nSPS) is 15.9. The van der Waals surface area contributed by atoms with Crippen molar-refractivity contribution >= 4 is 11.6 Å². The third-order valence-corrected chi connectivity index (χ3v) is 5.43. The molecule has 0 atom stereocenters. The molecule has 0 N–H and O–H groups in total. The van der Waals surface area contributed by atoms with Crippen LogP contribution >= 0.6 is 0 Å². The summed E-state index contributed by atoms with van der Waals surface area (Å²) < 4.78 is 43.9. The van der Waals surface area contributed by atoms with E-state index >= 15 is 0 Å². The lowest BCUT2D eigenvalue weighted by atomic mass is 10.0. The van der Waals surface area contributed by atoms with Gasteiger partial charge in [-0.15, -0.1) is 0 Å². The van der Waals surface area contributed by atoms with Crippen molar-refractivity contribution in [2.24, 2.45) is 0 Å². The molecule has 2 aromatic rings. The number of aryl methyl sites for hydroxylation is 1. The number of benzene rings is 2. The molecular formula is C23H27F3N2O2. The van der Waals surface area contributed by atoms with Crippen molar-refractivity contribution in [3.63, 3.8) is 0 Å². The van der Waals surface area contributed by atoms with E-state index in [0.29, 0.717) is 25.2 Å². The minimum Gasteiger partial charge on any atom is -0.375 e. The van der Waals surface area contributed by atoms with Gasteiger partial charge in [-0.1, -0.05) is 35.9 Å². The van der Waals surface area contributed by atoms with Gasteiger partial charge < -0.3 is 9.64 Å². The molecular weight excluding hydrogens is 393 g/mol. The smallest absolute Gasteiger partial charge is 0.375 e. The van der Waals surface area contributed by atoms with Crippen LogP contribution in [-0.2, 0) is 22.3 Å². The van der Waals surface area contributed by atoms with E-state index in [0.717, 1.165) is 30.2 Å². The number of anilines is 1. The van der Waals surface area contributed by atoms with Crippen LogP contribution in [0.15, 0.2) is 48.5 Å². The SMILES string of the molecule is COCC(=O)N(c1ccc(C)cc1)C1CCN(Cc2cccc(C(F)(F)F)c2)CC1. The molecule has 1 amide bonds. The average molecular weight is 420 g/mol. The summed E-state index contributed by atoms with van der Waals surface area (Å²) in [5, 5.41) is 0. The highest BCUT2D eigenvalue weighted by Gasteiger charge is 2.31.